The van der Waals surface area contributed by atoms with Crippen LogP contribution in [-0.2, 0) is 6.42 Å². The lowest BCUT2D eigenvalue weighted by Crippen LogP contribution is -2.16. The molecule has 90 valence electrons. The van der Waals surface area contributed by atoms with Gasteiger partial charge in [-0.05, 0) is 44.6 Å². The van der Waals surface area contributed by atoms with E-state index in [1.165, 1.54) is 0 Å². The molecule has 1 N–H and O–H groups in total. The van der Waals surface area contributed by atoms with Crippen molar-refractivity contribution in [2.24, 2.45) is 5.92 Å². The average Bonchev–Trinajstić information content (AvgIpc) is 2.89. The standard InChI is InChI=1S/C13H22N2O/c1-3-10(2)15-8-7-12(14-15)9-11-5-4-6-13(11)16/h7-8,10-11,13,16H,3-6,9H2,1-2H3. The second-order valence-electron chi connectivity index (χ2n) is 5.01. The zero-order valence-electron chi connectivity index (χ0n) is 10.3. The van der Waals surface area contributed by atoms with Crippen molar-refractivity contribution >= 4 is 0 Å². The highest BCUT2D eigenvalue weighted by Crippen LogP contribution is 2.28. The predicted octanol–water partition coefficient (Wildman–Crippen LogP) is 2.56. The summed E-state index contributed by atoms with van der Waals surface area (Å²) in [5.74, 6) is 0.431. The van der Waals surface area contributed by atoms with Crippen LogP contribution in [0, 0.1) is 5.92 Å². The van der Waals surface area contributed by atoms with Gasteiger partial charge in [-0.1, -0.05) is 13.3 Å². The fourth-order valence-electron chi connectivity index (χ4n) is 2.44. The maximum Gasteiger partial charge on any atom is 0.0628 e. The smallest absolute Gasteiger partial charge is 0.0628 e. The lowest BCUT2D eigenvalue weighted by Gasteiger charge is -2.12. The summed E-state index contributed by atoms with van der Waals surface area (Å²) < 4.78 is 2.04. The second kappa shape index (κ2) is 5.00. The van der Waals surface area contributed by atoms with Crippen molar-refractivity contribution in [2.75, 3.05) is 0 Å². The minimum atomic E-state index is -0.103. The van der Waals surface area contributed by atoms with Crippen LogP contribution in [0.25, 0.3) is 0 Å². The minimum Gasteiger partial charge on any atom is -0.393 e. The molecule has 1 saturated carbocycles. The van der Waals surface area contributed by atoms with Crippen LogP contribution in [0.15, 0.2) is 12.3 Å². The van der Waals surface area contributed by atoms with E-state index in [1.54, 1.807) is 0 Å². The summed E-state index contributed by atoms with van der Waals surface area (Å²) in [6.45, 7) is 4.36. The predicted molar refractivity (Wildman–Crippen MR) is 64.3 cm³/mol. The van der Waals surface area contributed by atoms with Crippen LogP contribution in [0.1, 0.15) is 51.3 Å². The van der Waals surface area contributed by atoms with Gasteiger partial charge in [0.1, 0.15) is 0 Å². The molecule has 2 rings (SSSR count). The Hall–Kier alpha value is -0.830. The molecular weight excluding hydrogens is 200 g/mol. The molecule has 1 aromatic heterocycles. The van der Waals surface area contributed by atoms with Gasteiger partial charge in [0.2, 0.25) is 0 Å². The zero-order valence-corrected chi connectivity index (χ0v) is 10.3. The molecule has 0 aromatic carbocycles. The first-order valence-corrected chi connectivity index (χ1v) is 6.42. The summed E-state index contributed by atoms with van der Waals surface area (Å²) in [6.07, 6.45) is 7.28. The number of aliphatic hydroxyl groups excluding tert-OH is 1. The third-order valence-electron chi connectivity index (χ3n) is 3.80. The monoisotopic (exact) mass is 222 g/mol. The third-order valence-corrected chi connectivity index (χ3v) is 3.80. The molecule has 0 saturated heterocycles. The quantitative estimate of drug-likeness (QED) is 0.850. The fourth-order valence-corrected chi connectivity index (χ4v) is 2.44. The molecule has 1 aliphatic carbocycles. The summed E-state index contributed by atoms with van der Waals surface area (Å²) in [6, 6.07) is 2.57. The zero-order chi connectivity index (χ0) is 11.5. The molecule has 3 unspecified atom stereocenters. The van der Waals surface area contributed by atoms with Gasteiger partial charge in [-0.3, -0.25) is 4.68 Å². The van der Waals surface area contributed by atoms with E-state index in [2.05, 4.69) is 31.2 Å². The highest BCUT2D eigenvalue weighted by molar-refractivity contribution is 5.02. The maximum absolute atomic E-state index is 9.78. The van der Waals surface area contributed by atoms with Gasteiger partial charge in [-0.15, -0.1) is 0 Å². The Kier molecular flexibility index (Phi) is 3.64. The van der Waals surface area contributed by atoms with E-state index >= 15 is 0 Å². The van der Waals surface area contributed by atoms with Crippen molar-refractivity contribution in [3.8, 4) is 0 Å². The van der Waals surface area contributed by atoms with Gasteiger partial charge in [-0.2, -0.15) is 5.10 Å². The third kappa shape index (κ3) is 2.46. The summed E-state index contributed by atoms with van der Waals surface area (Å²) in [5, 5.41) is 14.4. The van der Waals surface area contributed by atoms with Crippen LogP contribution < -0.4 is 0 Å². The number of rotatable bonds is 4. The maximum atomic E-state index is 9.78. The van der Waals surface area contributed by atoms with Crippen LogP contribution >= 0.6 is 0 Å². The lowest BCUT2D eigenvalue weighted by atomic mass is 10.00. The molecule has 0 bridgehead atoms. The summed E-state index contributed by atoms with van der Waals surface area (Å²) in [4.78, 5) is 0. The van der Waals surface area contributed by atoms with Crippen molar-refractivity contribution in [1.82, 2.24) is 9.78 Å². The van der Waals surface area contributed by atoms with E-state index in [-0.39, 0.29) is 6.10 Å². The highest BCUT2D eigenvalue weighted by Gasteiger charge is 2.25. The number of aromatic nitrogens is 2. The van der Waals surface area contributed by atoms with Crippen LogP contribution in [0.4, 0.5) is 0 Å². The Bertz CT molecular complexity index is 334. The lowest BCUT2D eigenvalue weighted by molar-refractivity contribution is 0.132. The average molecular weight is 222 g/mol. The first-order valence-electron chi connectivity index (χ1n) is 6.42. The largest absolute Gasteiger partial charge is 0.393 e. The van der Waals surface area contributed by atoms with Gasteiger partial charge >= 0.3 is 0 Å². The molecule has 3 nitrogen and oxygen atoms in total. The number of hydrogen-bond donors (Lipinski definition) is 1. The Morgan fingerprint density at radius 2 is 2.38 bits per heavy atom. The molecule has 1 aliphatic rings. The Balaban J connectivity index is 1.97. The van der Waals surface area contributed by atoms with Crippen LogP contribution in [0.2, 0.25) is 0 Å². The Morgan fingerprint density at radius 1 is 1.56 bits per heavy atom. The molecule has 16 heavy (non-hydrogen) atoms. The molecule has 1 fully saturated rings. The van der Waals surface area contributed by atoms with Crippen molar-refractivity contribution in [1.29, 1.82) is 0 Å². The van der Waals surface area contributed by atoms with Gasteiger partial charge in [0, 0.05) is 12.2 Å². The number of nitrogens with zero attached hydrogens (tertiary/aromatic N) is 2. The van der Waals surface area contributed by atoms with Gasteiger partial charge in [0.05, 0.1) is 11.8 Å². The molecule has 1 aromatic rings. The van der Waals surface area contributed by atoms with Crippen LogP contribution in [-0.4, -0.2) is 21.0 Å². The molecule has 1 heterocycles. The second-order valence-corrected chi connectivity index (χ2v) is 5.01. The van der Waals surface area contributed by atoms with Crippen molar-refractivity contribution < 1.29 is 5.11 Å². The Morgan fingerprint density at radius 3 is 3.00 bits per heavy atom. The molecule has 3 heteroatoms. The number of aliphatic hydroxyl groups is 1. The van der Waals surface area contributed by atoms with E-state index < -0.39 is 0 Å². The molecule has 0 spiro atoms. The van der Waals surface area contributed by atoms with Crippen molar-refractivity contribution in [2.45, 2.75) is 58.1 Å². The first-order chi connectivity index (χ1) is 7.70. The summed E-state index contributed by atoms with van der Waals surface area (Å²) >= 11 is 0. The van der Waals surface area contributed by atoms with E-state index in [1.807, 2.05) is 4.68 Å². The van der Waals surface area contributed by atoms with Gasteiger partial charge < -0.3 is 5.11 Å². The molecule has 0 amide bonds. The Labute approximate surface area is 97.5 Å². The molecule has 0 radical (unpaired) electrons. The first kappa shape index (κ1) is 11.6. The normalized spacial score (nSPS) is 27.2. The van der Waals surface area contributed by atoms with E-state index in [0.717, 1.165) is 37.8 Å². The molecule has 3 atom stereocenters. The summed E-state index contributed by atoms with van der Waals surface area (Å²) in [7, 11) is 0. The van der Waals surface area contributed by atoms with E-state index in [0.29, 0.717) is 12.0 Å². The van der Waals surface area contributed by atoms with E-state index in [4.69, 9.17) is 0 Å². The van der Waals surface area contributed by atoms with E-state index in [9.17, 15) is 5.11 Å². The highest BCUT2D eigenvalue weighted by atomic mass is 16.3. The van der Waals surface area contributed by atoms with Gasteiger partial charge in [0.25, 0.3) is 0 Å². The fraction of sp³-hybridized carbons (Fsp3) is 0.769. The minimum absolute atomic E-state index is 0.103. The van der Waals surface area contributed by atoms with Gasteiger partial charge in [-0.25, -0.2) is 0 Å². The van der Waals surface area contributed by atoms with Gasteiger partial charge in [0.15, 0.2) is 0 Å². The molecular formula is C13H22N2O. The van der Waals surface area contributed by atoms with Crippen LogP contribution in [0.5, 0.6) is 0 Å². The summed E-state index contributed by atoms with van der Waals surface area (Å²) in [5.41, 5.74) is 1.13. The van der Waals surface area contributed by atoms with Crippen molar-refractivity contribution in [3.05, 3.63) is 18.0 Å². The molecule has 0 aliphatic heterocycles. The number of hydrogen-bond acceptors (Lipinski definition) is 2. The topological polar surface area (TPSA) is 38.0 Å². The van der Waals surface area contributed by atoms with Crippen LogP contribution in [0.3, 0.4) is 0 Å². The van der Waals surface area contributed by atoms with Crippen molar-refractivity contribution in [3.63, 3.8) is 0 Å². The SMILES string of the molecule is CCC(C)n1ccc(CC2CCCC2O)n1.